The minimum absolute atomic E-state index is 0.0982. The van der Waals surface area contributed by atoms with Crippen LogP contribution in [0.2, 0.25) is 0 Å². The van der Waals surface area contributed by atoms with Gasteiger partial charge in [0, 0.05) is 37.8 Å². The molecule has 0 unspecified atom stereocenters. The second-order valence-corrected chi connectivity index (χ2v) is 6.28. The van der Waals surface area contributed by atoms with Crippen LogP contribution in [0.5, 0.6) is 0 Å². The lowest BCUT2D eigenvalue weighted by Gasteiger charge is -2.19. The standard InChI is InChI=1S/C20H21FN2O2/c1-3-19(24)23-10-9-15-12-16(7-8-18(15)23)20(25)22(2)13-14-5-4-6-17(21)11-14/h4-8,11-12H,3,9-10,13H2,1-2H3. The summed E-state index contributed by atoms with van der Waals surface area (Å²) in [6, 6.07) is 11.7. The SMILES string of the molecule is CCC(=O)N1CCc2cc(C(=O)N(C)Cc3cccc(F)c3)ccc21. The summed E-state index contributed by atoms with van der Waals surface area (Å²) in [6.45, 7) is 2.85. The monoisotopic (exact) mass is 340 g/mol. The van der Waals surface area contributed by atoms with E-state index in [2.05, 4.69) is 0 Å². The fourth-order valence-electron chi connectivity index (χ4n) is 3.19. The van der Waals surface area contributed by atoms with Gasteiger partial charge in [0.25, 0.3) is 5.91 Å². The van der Waals surface area contributed by atoms with Gasteiger partial charge in [-0.1, -0.05) is 19.1 Å². The summed E-state index contributed by atoms with van der Waals surface area (Å²) in [5, 5.41) is 0. The van der Waals surface area contributed by atoms with Crippen LogP contribution in [0.4, 0.5) is 10.1 Å². The molecule has 1 heterocycles. The van der Waals surface area contributed by atoms with Crippen molar-refractivity contribution in [3.8, 4) is 0 Å². The molecule has 2 aromatic carbocycles. The Morgan fingerprint density at radius 2 is 2.00 bits per heavy atom. The third-order valence-corrected chi connectivity index (χ3v) is 4.48. The van der Waals surface area contributed by atoms with Crippen LogP contribution in [-0.4, -0.2) is 30.3 Å². The first kappa shape index (κ1) is 17.1. The first-order valence-corrected chi connectivity index (χ1v) is 8.42. The lowest BCUT2D eigenvalue weighted by Crippen LogP contribution is -2.28. The Labute approximate surface area is 146 Å². The molecule has 3 rings (SSSR count). The first-order valence-electron chi connectivity index (χ1n) is 8.42. The number of carbonyl (C=O) groups is 2. The van der Waals surface area contributed by atoms with E-state index >= 15 is 0 Å². The smallest absolute Gasteiger partial charge is 0.253 e. The molecule has 2 amide bonds. The van der Waals surface area contributed by atoms with Gasteiger partial charge in [-0.2, -0.15) is 0 Å². The van der Waals surface area contributed by atoms with Crippen LogP contribution in [0.15, 0.2) is 42.5 Å². The zero-order chi connectivity index (χ0) is 18.0. The van der Waals surface area contributed by atoms with Crippen LogP contribution in [0, 0.1) is 5.82 Å². The number of nitrogens with zero attached hydrogens (tertiary/aromatic N) is 2. The molecule has 0 spiro atoms. The van der Waals surface area contributed by atoms with Crippen molar-refractivity contribution >= 4 is 17.5 Å². The fraction of sp³-hybridized carbons (Fsp3) is 0.300. The van der Waals surface area contributed by atoms with Crippen LogP contribution in [-0.2, 0) is 17.8 Å². The predicted octanol–water partition coefficient (Wildman–Crippen LogP) is 3.40. The number of rotatable bonds is 4. The lowest BCUT2D eigenvalue weighted by atomic mass is 10.1. The summed E-state index contributed by atoms with van der Waals surface area (Å²) in [7, 11) is 1.70. The Morgan fingerprint density at radius 1 is 1.20 bits per heavy atom. The van der Waals surface area contributed by atoms with Gasteiger partial charge >= 0.3 is 0 Å². The highest BCUT2D eigenvalue weighted by molar-refractivity contribution is 5.98. The largest absolute Gasteiger partial charge is 0.337 e. The summed E-state index contributed by atoms with van der Waals surface area (Å²) in [5.74, 6) is -0.329. The van der Waals surface area contributed by atoms with Crippen molar-refractivity contribution in [3.63, 3.8) is 0 Å². The number of hydrogen-bond donors (Lipinski definition) is 0. The highest BCUT2D eigenvalue weighted by Crippen LogP contribution is 2.29. The van der Waals surface area contributed by atoms with E-state index in [1.165, 1.54) is 12.1 Å². The molecule has 2 aromatic rings. The topological polar surface area (TPSA) is 40.6 Å². The van der Waals surface area contributed by atoms with Gasteiger partial charge in [0.05, 0.1) is 0 Å². The number of halogens is 1. The van der Waals surface area contributed by atoms with Gasteiger partial charge in [-0.3, -0.25) is 9.59 Å². The normalized spacial score (nSPS) is 12.8. The Hall–Kier alpha value is -2.69. The Kier molecular flexibility index (Phi) is 4.83. The van der Waals surface area contributed by atoms with Crippen molar-refractivity contribution in [2.45, 2.75) is 26.3 Å². The maximum atomic E-state index is 13.3. The van der Waals surface area contributed by atoms with E-state index in [4.69, 9.17) is 0 Å². The van der Waals surface area contributed by atoms with Gasteiger partial charge in [-0.25, -0.2) is 4.39 Å². The molecular weight excluding hydrogens is 319 g/mol. The molecule has 1 aliphatic rings. The molecule has 0 radical (unpaired) electrons. The molecule has 25 heavy (non-hydrogen) atoms. The van der Waals surface area contributed by atoms with Crippen molar-refractivity contribution in [1.29, 1.82) is 0 Å². The minimum Gasteiger partial charge on any atom is -0.337 e. The van der Waals surface area contributed by atoms with Gasteiger partial charge < -0.3 is 9.80 Å². The average molecular weight is 340 g/mol. The van der Waals surface area contributed by atoms with Crippen molar-refractivity contribution in [1.82, 2.24) is 4.90 Å². The van der Waals surface area contributed by atoms with E-state index in [-0.39, 0.29) is 17.6 Å². The number of fused-ring (bicyclic) bond motifs is 1. The summed E-state index contributed by atoms with van der Waals surface area (Å²) < 4.78 is 13.3. The molecular formula is C20H21FN2O2. The number of hydrogen-bond acceptors (Lipinski definition) is 2. The van der Waals surface area contributed by atoms with Gasteiger partial charge in [-0.05, 0) is 47.9 Å². The number of anilines is 1. The van der Waals surface area contributed by atoms with E-state index in [1.54, 1.807) is 35.0 Å². The van der Waals surface area contributed by atoms with E-state index in [1.807, 2.05) is 19.1 Å². The molecule has 130 valence electrons. The molecule has 4 nitrogen and oxygen atoms in total. The van der Waals surface area contributed by atoms with E-state index in [0.717, 1.165) is 23.2 Å². The third kappa shape index (κ3) is 3.55. The fourth-order valence-corrected chi connectivity index (χ4v) is 3.19. The zero-order valence-corrected chi connectivity index (χ0v) is 14.5. The maximum absolute atomic E-state index is 13.3. The Bertz CT molecular complexity index is 819. The van der Waals surface area contributed by atoms with Crippen molar-refractivity contribution in [2.24, 2.45) is 0 Å². The number of carbonyl (C=O) groups excluding carboxylic acids is 2. The molecule has 0 bridgehead atoms. The number of benzene rings is 2. The number of amides is 2. The zero-order valence-electron chi connectivity index (χ0n) is 14.5. The second-order valence-electron chi connectivity index (χ2n) is 6.28. The van der Waals surface area contributed by atoms with Crippen LogP contribution >= 0.6 is 0 Å². The van der Waals surface area contributed by atoms with Crippen LogP contribution in [0.25, 0.3) is 0 Å². The van der Waals surface area contributed by atoms with E-state index < -0.39 is 0 Å². The molecule has 5 heteroatoms. The molecule has 0 saturated heterocycles. The second kappa shape index (κ2) is 7.05. The van der Waals surface area contributed by atoms with Gasteiger partial charge in [-0.15, -0.1) is 0 Å². The molecule has 0 saturated carbocycles. The minimum atomic E-state index is -0.309. The Balaban J connectivity index is 1.76. The van der Waals surface area contributed by atoms with E-state index in [9.17, 15) is 14.0 Å². The molecule has 0 N–H and O–H groups in total. The highest BCUT2D eigenvalue weighted by atomic mass is 19.1. The molecule has 1 aliphatic heterocycles. The third-order valence-electron chi connectivity index (χ3n) is 4.48. The summed E-state index contributed by atoms with van der Waals surface area (Å²) in [6.07, 6.45) is 1.23. The molecule has 0 fully saturated rings. The lowest BCUT2D eigenvalue weighted by molar-refractivity contribution is -0.118. The molecule has 0 aliphatic carbocycles. The van der Waals surface area contributed by atoms with Crippen molar-refractivity contribution in [3.05, 3.63) is 65.0 Å². The van der Waals surface area contributed by atoms with Crippen molar-refractivity contribution < 1.29 is 14.0 Å². The quantitative estimate of drug-likeness (QED) is 0.856. The van der Waals surface area contributed by atoms with Crippen molar-refractivity contribution in [2.75, 3.05) is 18.5 Å². The maximum Gasteiger partial charge on any atom is 0.253 e. The predicted molar refractivity (Wildman–Crippen MR) is 95.0 cm³/mol. The van der Waals surface area contributed by atoms with Crippen LogP contribution in [0.3, 0.4) is 0 Å². The summed E-state index contributed by atoms with van der Waals surface area (Å²) in [5.41, 5.74) is 3.25. The molecule has 0 aromatic heterocycles. The summed E-state index contributed by atoms with van der Waals surface area (Å²) >= 11 is 0. The molecule has 0 atom stereocenters. The van der Waals surface area contributed by atoms with Gasteiger partial charge in [0.15, 0.2) is 0 Å². The Morgan fingerprint density at radius 3 is 2.72 bits per heavy atom. The van der Waals surface area contributed by atoms with E-state index in [0.29, 0.717) is 25.1 Å². The first-order chi connectivity index (χ1) is 12.0. The van der Waals surface area contributed by atoms with Crippen LogP contribution < -0.4 is 4.90 Å². The van der Waals surface area contributed by atoms with Gasteiger partial charge in [0.1, 0.15) is 5.82 Å². The summed E-state index contributed by atoms with van der Waals surface area (Å²) in [4.78, 5) is 28.0. The van der Waals surface area contributed by atoms with Crippen LogP contribution in [0.1, 0.15) is 34.8 Å². The highest BCUT2D eigenvalue weighted by Gasteiger charge is 2.25. The van der Waals surface area contributed by atoms with Gasteiger partial charge in [0.2, 0.25) is 5.91 Å². The average Bonchev–Trinajstić information content (AvgIpc) is 3.03.